The van der Waals surface area contributed by atoms with E-state index in [0.717, 1.165) is 5.56 Å². The summed E-state index contributed by atoms with van der Waals surface area (Å²) >= 11 is 0. The van der Waals surface area contributed by atoms with Crippen molar-refractivity contribution < 1.29 is 5.11 Å². The minimum Gasteiger partial charge on any atom is -0.394 e. The summed E-state index contributed by atoms with van der Waals surface area (Å²) in [6.07, 6.45) is 1.51. The highest BCUT2D eigenvalue weighted by Gasteiger charge is 2.26. The molecule has 0 aliphatic rings. The fraction of sp³-hybridized carbons (Fsp3) is 0.214. The summed E-state index contributed by atoms with van der Waals surface area (Å²) in [7, 11) is 0. The highest BCUT2D eigenvalue weighted by Crippen LogP contribution is 2.23. The van der Waals surface area contributed by atoms with Crippen molar-refractivity contribution >= 4 is 5.95 Å². The number of benzene rings is 1. The standard InChI is InChI=1S/C14H14N4O/c1-14(10-19,11-5-3-2-4-6-11)18-13-16-8-7-12(9-15)17-13/h2-8,19H,10H2,1H3,(H,16,17,18). The number of aliphatic hydroxyl groups excluding tert-OH is 1. The van der Waals surface area contributed by atoms with E-state index < -0.39 is 5.54 Å². The second-order valence-corrected chi connectivity index (χ2v) is 4.36. The molecule has 0 saturated carbocycles. The molecule has 1 heterocycles. The first-order valence-electron chi connectivity index (χ1n) is 5.86. The maximum atomic E-state index is 9.64. The van der Waals surface area contributed by atoms with Crippen molar-refractivity contribution in [1.29, 1.82) is 5.26 Å². The average Bonchev–Trinajstić information content (AvgIpc) is 2.48. The van der Waals surface area contributed by atoms with Crippen LogP contribution in [-0.2, 0) is 5.54 Å². The third kappa shape index (κ3) is 2.87. The molecule has 1 unspecified atom stereocenters. The molecular weight excluding hydrogens is 240 g/mol. The van der Waals surface area contributed by atoms with Crippen LogP contribution in [0.2, 0.25) is 0 Å². The summed E-state index contributed by atoms with van der Waals surface area (Å²) < 4.78 is 0. The van der Waals surface area contributed by atoms with Gasteiger partial charge in [-0.2, -0.15) is 5.26 Å². The lowest BCUT2D eigenvalue weighted by Gasteiger charge is -2.29. The van der Waals surface area contributed by atoms with Gasteiger partial charge in [0.2, 0.25) is 5.95 Å². The Morgan fingerprint density at radius 3 is 2.68 bits per heavy atom. The van der Waals surface area contributed by atoms with Gasteiger partial charge >= 0.3 is 0 Å². The van der Waals surface area contributed by atoms with Gasteiger partial charge in [-0.25, -0.2) is 9.97 Å². The molecule has 5 nitrogen and oxygen atoms in total. The molecular formula is C14H14N4O. The third-order valence-corrected chi connectivity index (χ3v) is 2.88. The monoisotopic (exact) mass is 254 g/mol. The minimum absolute atomic E-state index is 0.114. The lowest BCUT2D eigenvalue weighted by molar-refractivity contribution is 0.223. The van der Waals surface area contributed by atoms with E-state index in [-0.39, 0.29) is 12.3 Å². The maximum Gasteiger partial charge on any atom is 0.224 e. The summed E-state index contributed by atoms with van der Waals surface area (Å²) in [4.78, 5) is 8.12. The zero-order chi connectivity index (χ0) is 13.7. The largest absolute Gasteiger partial charge is 0.394 e. The first kappa shape index (κ1) is 13.0. The van der Waals surface area contributed by atoms with E-state index in [4.69, 9.17) is 5.26 Å². The van der Waals surface area contributed by atoms with E-state index in [1.165, 1.54) is 12.3 Å². The summed E-state index contributed by atoms with van der Waals surface area (Å²) in [5, 5.41) is 21.5. The van der Waals surface area contributed by atoms with Crippen molar-refractivity contribution in [2.24, 2.45) is 0 Å². The van der Waals surface area contributed by atoms with Gasteiger partial charge in [-0.3, -0.25) is 0 Å². The van der Waals surface area contributed by atoms with Crippen molar-refractivity contribution in [3.8, 4) is 6.07 Å². The summed E-state index contributed by atoms with van der Waals surface area (Å²) in [6, 6.07) is 13.0. The van der Waals surface area contributed by atoms with E-state index in [1.54, 1.807) is 0 Å². The summed E-state index contributed by atoms with van der Waals surface area (Å²) in [5.41, 5.74) is 0.504. The van der Waals surface area contributed by atoms with Gasteiger partial charge < -0.3 is 10.4 Å². The Morgan fingerprint density at radius 1 is 1.32 bits per heavy atom. The van der Waals surface area contributed by atoms with Crippen LogP contribution in [0.25, 0.3) is 0 Å². The predicted octanol–water partition coefficient (Wildman–Crippen LogP) is 1.67. The second kappa shape index (κ2) is 5.46. The molecule has 0 aliphatic heterocycles. The number of anilines is 1. The number of nitrogens with zero attached hydrogens (tertiary/aromatic N) is 3. The number of nitriles is 1. The maximum absolute atomic E-state index is 9.64. The van der Waals surface area contributed by atoms with E-state index in [9.17, 15) is 5.11 Å². The fourth-order valence-corrected chi connectivity index (χ4v) is 1.74. The highest BCUT2D eigenvalue weighted by atomic mass is 16.3. The summed E-state index contributed by atoms with van der Waals surface area (Å²) in [6.45, 7) is 1.74. The first-order chi connectivity index (χ1) is 9.18. The number of hydrogen-bond acceptors (Lipinski definition) is 5. The van der Waals surface area contributed by atoms with Gasteiger partial charge in [0.25, 0.3) is 0 Å². The van der Waals surface area contributed by atoms with Gasteiger partial charge in [0.05, 0.1) is 12.1 Å². The summed E-state index contributed by atoms with van der Waals surface area (Å²) in [5.74, 6) is 0.319. The van der Waals surface area contributed by atoms with Crippen LogP contribution in [0.1, 0.15) is 18.2 Å². The van der Waals surface area contributed by atoms with Gasteiger partial charge in [-0.05, 0) is 18.6 Å². The molecule has 1 aromatic carbocycles. The first-order valence-corrected chi connectivity index (χ1v) is 5.86. The van der Waals surface area contributed by atoms with Crippen molar-refractivity contribution in [3.05, 3.63) is 53.9 Å². The van der Waals surface area contributed by atoms with E-state index >= 15 is 0 Å². The molecule has 0 radical (unpaired) electrons. The molecule has 2 N–H and O–H groups in total. The Morgan fingerprint density at radius 2 is 2.05 bits per heavy atom. The zero-order valence-corrected chi connectivity index (χ0v) is 10.5. The van der Waals surface area contributed by atoms with E-state index in [2.05, 4.69) is 15.3 Å². The van der Waals surface area contributed by atoms with Crippen LogP contribution < -0.4 is 5.32 Å². The lowest BCUT2D eigenvalue weighted by Crippen LogP contribution is -2.36. The number of aliphatic hydroxyl groups is 1. The predicted molar refractivity (Wildman–Crippen MR) is 71.2 cm³/mol. The average molecular weight is 254 g/mol. The SMILES string of the molecule is CC(CO)(Nc1nccc(C#N)n1)c1ccccc1. The molecule has 0 fully saturated rings. The number of rotatable bonds is 4. The molecule has 0 amide bonds. The van der Waals surface area contributed by atoms with Crippen LogP contribution in [0.3, 0.4) is 0 Å². The van der Waals surface area contributed by atoms with Crippen molar-refractivity contribution in [1.82, 2.24) is 9.97 Å². The van der Waals surface area contributed by atoms with Crippen LogP contribution in [0.15, 0.2) is 42.6 Å². The van der Waals surface area contributed by atoms with Gasteiger partial charge in [-0.1, -0.05) is 30.3 Å². The van der Waals surface area contributed by atoms with Crippen molar-refractivity contribution in [2.45, 2.75) is 12.5 Å². The molecule has 0 saturated heterocycles. The number of hydrogen-bond donors (Lipinski definition) is 2. The van der Waals surface area contributed by atoms with E-state index in [0.29, 0.717) is 5.95 Å². The second-order valence-electron chi connectivity index (χ2n) is 4.36. The Hall–Kier alpha value is -2.45. The molecule has 0 bridgehead atoms. The molecule has 1 aromatic heterocycles. The Bertz CT molecular complexity index is 594. The van der Waals surface area contributed by atoms with Gasteiger partial charge in [0.1, 0.15) is 11.8 Å². The number of nitrogens with one attached hydrogen (secondary N) is 1. The smallest absolute Gasteiger partial charge is 0.224 e. The lowest BCUT2D eigenvalue weighted by atomic mass is 9.93. The van der Waals surface area contributed by atoms with Crippen LogP contribution in [0, 0.1) is 11.3 Å². The normalized spacial score (nSPS) is 13.3. The fourth-order valence-electron chi connectivity index (χ4n) is 1.74. The molecule has 1 atom stereocenters. The molecule has 0 spiro atoms. The molecule has 19 heavy (non-hydrogen) atoms. The molecule has 2 aromatic rings. The molecule has 2 rings (SSSR count). The zero-order valence-electron chi connectivity index (χ0n) is 10.5. The topological polar surface area (TPSA) is 81.8 Å². The number of aromatic nitrogens is 2. The highest BCUT2D eigenvalue weighted by molar-refractivity contribution is 5.38. The molecule has 96 valence electrons. The van der Waals surface area contributed by atoms with Crippen LogP contribution in [-0.4, -0.2) is 21.7 Å². The molecule has 0 aliphatic carbocycles. The van der Waals surface area contributed by atoms with Crippen LogP contribution in [0.4, 0.5) is 5.95 Å². The Kier molecular flexibility index (Phi) is 3.74. The van der Waals surface area contributed by atoms with E-state index in [1.807, 2.05) is 43.3 Å². The molecule has 5 heteroatoms. The van der Waals surface area contributed by atoms with Gasteiger partial charge in [-0.15, -0.1) is 0 Å². The van der Waals surface area contributed by atoms with Gasteiger partial charge in [0, 0.05) is 6.20 Å². The van der Waals surface area contributed by atoms with Crippen molar-refractivity contribution in [3.63, 3.8) is 0 Å². The quantitative estimate of drug-likeness (QED) is 0.867. The minimum atomic E-state index is -0.699. The Labute approximate surface area is 111 Å². The Balaban J connectivity index is 2.31. The van der Waals surface area contributed by atoms with Crippen LogP contribution in [0.5, 0.6) is 0 Å². The van der Waals surface area contributed by atoms with Crippen molar-refractivity contribution in [2.75, 3.05) is 11.9 Å². The van der Waals surface area contributed by atoms with Crippen LogP contribution >= 0.6 is 0 Å². The van der Waals surface area contributed by atoms with Gasteiger partial charge in [0.15, 0.2) is 0 Å². The third-order valence-electron chi connectivity index (χ3n) is 2.88.